The summed E-state index contributed by atoms with van der Waals surface area (Å²) in [5.74, 6) is -2.02. The molecular formula is C38H26ClN3O5S. The fourth-order valence-corrected chi connectivity index (χ4v) is 6.08. The van der Waals surface area contributed by atoms with Gasteiger partial charge in [0.1, 0.15) is 5.70 Å². The second-order valence-electron chi connectivity index (χ2n) is 10.7. The average Bonchev–Trinajstić information content (AvgIpc) is 3.10. The summed E-state index contributed by atoms with van der Waals surface area (Å²) in [6.07, 6.45) is 1.50. The lowest BCUT2D eigenvalue weighted by Gasteiger charge is -2.20. The van der Waals surface area contributed by atoms with Gasteiger partial charge in [0.15, 0.2) is 11.6 Å². The van der Waals surface area contributed by atoms with Crippen LogP contribution in [0.4, 0.5) is 11.4 Å². The van der Waals surface area contributed by atoms with E-state index in [1.54, 1.807) is 121 Å². The summed E-state index contributed by atoms with van der Waals surface area (Å²) in [7, 11) is 0. The summed E-state index contributed by atoms with van der Waals surface area (Å²) in [4.78, 5) is 66.4. The van der Waals surface area contributed by atoms with E-state index in [0.717, 1.165) is 0 Å². The zero-order valence-electron chi connectivity index (χ0n) is 25.2. The number of thioether (sulfide) groups is 1. The Morgan fingerprint density at radius 3 is 2.12 bits per heavy atom. The fourth-order valence-electron chi connectivity index (χ4n) is 5.14. The van der Waals surface area contributed by atoms with Crippen molar-refractivity contribution in [1.82, 2.24) is 5.32 Å². The van der Waals surface area contributed by atoms with Crippen molar-refractivity contribution in [2.45, 2.75) is 4.90 Å². The molecule has 0 saturated carbocycles. The van der Waals surface area contributed by atoms with E-state index in [1.807, 2.05) is 0 Å². The zero-order valence-corrected chi connectivity index (χ0v) is 26.7. The van der Waals surface area contributed by atoms with Crippen LogP contribution in [0, 0.1) is 0 Å². The molecule has 0 heterocycles. The molecule has 5 aromatic carbocycles. The number of hydrogen-bond donors (Lipinski definition) is 3. The second-order valence-corrected chi connectivity index (χ2v) is 12.1. The molecule has 1 aliphatic rings. The Labute approximate surface area is 285 Å². The van der Waals surface area contributed by atoms with Crippen LogP contribution < -0.4 is 16.0 Å². The van der Waals surface area contributed by atoms with Gasteiger partial charge in [-0.05, 0) is 54.1 Å². The van der Waals surface area contributed by atoms with Gasteiger partial charge in [-0.2, -0.15) is 0 Å². The van der Waals surface area contributed by atoms with Crippen LogP contribution in [0.15, 0.2) is 132 Å². The van der Waals surface area contributed by atoms with Crippen molar-refractivity contribution in [3.8, 4) is 0 Å². The van der Waals surface area contributed by atoms with E-state index in [-0.39, 0.29) is 45.7 Å². The number of anilines is 2. The normalized spacial score (nSPS) is 12.1. The van der Waals surface area contributed by atoms with Crippen molar-refractivity contribution in [3.63, 3.8) is 0 Å². The molecule has 236 valence electrons. The number of amides is 3. The Balaban J connectivity index is 1.14. The second kappa shape index (κ2) is 14.3. The molecule has 3 amide bonds. The third-order valence-electron chi connectivity index (χ3n) is 7.42. The molecule has 0 aromatic heterocycles. The van der Waals surface area contributed by atoms with Gasteiger partial charge in [0.05, 0.1) is 17.0 Å². The van der Waals surface area contributed by atoms with Crippen LogP contribution in [-0.2, 0) is 9.59 Å². The number of benzene rings is 5. The lowest BCUT2D eigenvalue weighted by molar-refractivity contribution is -0.114. The molecule has 0 radical (unpaired) electrons. The van der Waals surface area contributed by atoms with E-state index in [4.69, 9.17) is 11.6 Å². The minimum absolute atomic E-state index is 0.00934. The summed E-state index contributed by atoms with van der Waals surface area (Å²) in [5, 5.41) is 8.69. The highest BCUT2D eigenvalue weighted by atomic mass is 35.5. The molecule has 0 bridgehead atoms. The molecule has 6 rings (SSSR count). The topological polar surface area (TPSA) is 121 Å². The van der Waals surface area contributed by atoms with Crippen LogP contribution >= 0.6 is 23.4 Å². The third-order valence-corrected chi connectivity index (χ3v) is 8.76. The molecule has 0 atom stereocenters. The van der Waals surface area contributed by atoms with Gasteiger partial charge >= 0.3 is 0 Å². The lowest BCUT2D eigenvalue weighted by atomic mass is 9.83. The van der Waals surface area contributed by atoms with Crippen molar-refractivity contribution in [1.29, 1.82) is 0 Å². The summed E-state index contributed by atoms with van der Waals surface area (Å²) < 4.78 is 0. The minimum atomic E-state index is -0.575. The number of ketones is 2. The molecule has 8 nitrogen and oxygen atoms in total. The molecule has 0 saturated heterocycles. The summed E-state index contributed by atoms with van der Waals surface area (Å²) in [6, 6.07) is 33.8. The summed E-state index contributed by atoms with van der Waals surface area (Å²) in [6.45, 7) is 0. The van der Waals surface area contributed by atoms with Crippen molar-refractivity contribution in [2.75, 3.05) is 16.4 Å². The quantitative estimate of drug-likeness (QED) is 0.110. The molecule has 1 aliphatic carbocycles. The summed E-state index contributed by atoms with van der Waals surface area (Å²) >= 11 is 7.55. The Morgan fingerprint density at radius 1 is 0.688 bits per heavy atom. The Kier molecular flexibility index (Phi) is 9.61. The number of halogens is 1. The molecule has 0 unspecified atom stereocenters. The average molecular weight is 672 g/mol. The largest absolute Gasteiger partial charge is 0.325 e. The van der Waals surface area contributed by atoms with Gasteiger partial charge in [0.25, 0.3) is 11.8 Å². The predicted molar refractivity (Wildman–Crippen MR) is 188 cm³/mol. The molecule has 10 heteroatoms. The fraction of sp³-hybridized carbons (Fsp3) is 0.0263. The van der Waals surface area contributed by atoms with Crippen molar-refractivity contribution in [2.24, 2.45) is 0 Å². The van der Waals surface area contributed by atoms with Gasteiger partial charge in [-0.15, -0.1) is 11.8 Å². The lowest BCUT2D eigenvalue weighted by Crippen LogP contribution is -2.30. The maximum atomic E-state index is 13.5. The van der Waals surface area contributed by atoms with E-state index >= 15 is 0 Å². The first-order chi connectivity index (χ1) is 23.3. The molecule has 0 fully saturated rings. The van der Waals surface area contributed by atoms with Gasteiger partial charge in [-0.1, -0.05) is 90.5 Å². The maximum absolute atomic E-state index is 13.5. The highest BCUT2D eigenvalue weighted by Gasteiger charge is 2.31. The van der Waals surface area contributed by atoms with Crippen molar-refractivity contribution >= 4 is 70.1 Å². The monoisotopic (exact) mass is 671 g/mol. The predicted octanol–water partition coefficient (Wildman–Crippen LogP) is 7.26. The van der Waals surface area contributed by atoms with Crippen LogP contribution in [0.2, 0.25) is 5.02 Å². The van der Waals surface area contributed by atoms with Crippen LogP contribution in [0.3, 0.4) is 0 Å². The Bertz CT molecular complexity index is 2130. The third kappa shape index (κ3) is 7.12. The first kappa shape index (κ1) is 32.2. The molecule has 0 aliphatic heterocycles. The van der Waals surface area contributed by atoms with E-state index < -0.39 is 11.8 Å². The molecular weight excluding hydrogens is 646 g/mol. The van der Waals surface area contributed by atoms with Crippen LogP contribution in [0.5, 0.6) is 0 Å². The van der Waals surface area contributed by atoms with E-state index in [1.165, 1.54) is 17.8 Å². The first-order valence-corrected chi connectivity index (χ1v) is 16.1. The number of hydrogen-bond acceptors (Lipinski definition) is 6. The SMILES string of the molecule is O=C(CSc1cccc(NC(=O)/C(=C\c2ccccc2Cl)NC(=O)c2ccccc2)c1)Nc1cccc2c1C(=O)c1ccccc1C2=O. The number of nitrogens with one attached hydrogen (secondary N) is 3. The molecule has 5 aromatic rings. The van der Waals surface area contributed by atoms with Crippen LogP contribution in [-0.4, -0.2) is 35.0 Å². The molecule has 48 heavy (non-hydrogen) atoms. The number of carbonyl (C=O) groups excluding carboxylic acids is 5. The van der Waals surface area contributed by atoms with E-state index in [0.29, 0.717) is 37.9 Å². The van der Waals surface area contributed by atoms with Gasteiger partial charge in [0, 0.05) is 37.9 Å². The van der Waals surface area contributed by atoms with Crippen molar-refractivity contribution < 1.29 is 24.0 Å². The number of rotatable bonds is 9. The summed E-state index contributed by atoms with van der Waals surface area (Å²) in [5.41, 5.74) is 2.66. The highest BCUT2D eigenvalue weighted by molar-refractivity contribution is 8.00. The Morgan fingerprint density at radius 2 is 1.35 bits per heavy atom. The molecule has 3 N–H and O–H groups in total. The van der Waals surface area contributed by atoms with Gasteiger partial charge in [-0.25, -0.2) is 0 Å². The smallest absolute Gasteiger partial charge is 0.272 e. The highest BCUT2D eigenvalue weighted by Crippen LogP contribution is 2.32. The van der Waals surface area contributed by atoms with E-state index in [2.05, 4.69) is 16.0 Å². The van der Waals surface area contributed by atoms with Gasteiger partial charge < -0.3 is 16.0 Å². The van der Waals surface area contributed by atoms with Gasteiger partial charge in [0.2, 0.25) is 5.91 Å². The number of carbonyl (C=O) groups is 5. The van der Waals surface area contributed by atoms with Gasteiger partial charge in [-0.3, -0.25) is 24.0 Å². The zero-order chi connectivity index (χ0) is 33.6. The molecule has 0 spiro atoms. The van der Waals surface area contributed by atoms with Crippen molar-refractivity contribution in [3.05, 3.63) is 165 Å². The maximum Gasteiger partial charge on any atom is 0.272 e. The van der Waals surface area contributed by atoms with E-state index in [9.17, 15) is 24.0 Å². The minimum Gasteiger partial charge on any atom is -0.325 e. The number of fused-ring (bicyclic) bond motifs is 2. The Hall–Kier alpha value is -5.77. The standard InChI is InChI=1S/C38H26ClN3O5S/c39-30-18-7-4-12-24(30)20-32(42-37(46)23-10-2-1-3-11-23)38(47)40-25-13-8-14-26(21-25)48-22-33(43)41-31-19-9-17-29-34(31)36(45)28-16-6-5-15-27(28)35(29)44/h1-21H,22H2,(H,40,47)(H,41,43)(H,42,46)/b32-20+. The van der Waals surface area contributed by atoms with Crippen LogP contribution in [0.1, 0.15) is 47.8 Å². The van der Waals surface area contributed by atoms with Crippen LogP contribution in [0.25, 0.3) is 6.08 Å². The first-order valence-electron chi connectivity index (χ1n) is 14.8.